The van der Waals surface area contributed by atoms with E-state index in [0.717, 1.165) is 27.6 Å². The van der Waals surface area contributed by atoms with E-state index in [2.05, 4.69) is 5.32 Å². The van der Waals surface area contributed by atoms with Gasteiger partial charge in [-0.2, -0.15) is 0 Å². The molecular weight excluding hydrogens is 418 g/mol. The van der Waals surface area contributed by atoms with Crippen LogP contribution in [-0.4, -0.2) is 25.8 Å². The smallest absolute Gasteiger partial charge is 0.289 e. The number of aryl methyl sites for hydroxylation is 1. The van der Waals surface area contributed by atoms with Gasteiger partial charge in [-0.15, -0.1) is 0 Å². The lowest BCUT2D eigenvalue weighted by atomic mass is 10.1. The summed E-state index contributed by atoms with van der Waals surface area (Å²) >= 11 is 0. The fourth-order valence-corrected chi connectivity index (χ4v) is 4.64. The molecule has 0 atom stereocenters. The summed E-state index contributed by atoms with van der Waals surface area (Å²) in [4.78, 5) is 23.0. The van der Waals surface area contributed by atoms with Crippen molar-refractivity contribution in [2.45, 2.75) is 18.7 Å². The highest BCUT2D eigenvalue weighted by Crippen LogP contribution is 2.29. The predicted octanol–water partition coefficient (Wildman–Crippen LogP) is 4.05. The molecule has 3 aromatic carbocycles. The molecule has 0 radical (unpaired) electrons. The number of sulfonamides is 1. The van der Waals surface area contributed by atoms with Crippen LogP contribution in [0, 0.1) is 24.0 Å². The molecule has 8 nitrogen and oxygen atoms in total. The van der Waals surface area contributed by atoms with Gasteiger partial charge in [-0.1, -0.05) is 42.5 Å². The Morgan fingerprint density at radius 1 is 0.968 bits per heavy atom. The molecule has 0 aromatic heterocycles. The Balaban J connectivity index is 2.01. The maximum absolute atomic E-state index is 13.4. The highest BCUT2D eigenvalue weighted by Gasteiger charge is 2.33. The van der Waals surface area contributed by atoms with Gasteiger partial charge in [-0.05, 0) is 49.2 Å². The standard InChI is InChI=1S/C22H21N3O5S/c1-16-9-8-12-19(17(16)2)23-22(26)15-24(18-10-4-3-5-11-18)31(29,30)21-14-7-6-13-20(21)25(27)28/h3-14H,15H2,1-2H3,(H,23,26). The summed E-state index contributed by atoms with van der Waals surface area (Å²) in [6, 6.07) is 18.5. The Morgan fingerprint density at radius 2 is 1.61 bits per heavy atom. The van der Waals surface area contributed by atoms with E-state index in [1.165, 1.54) is 24.3 Å². The second-order valence-electron chi connectivity index (χ2n) is 6.87. The van der Waals surface area contributed by atoms with Crippen molar-refractivity contribution in [1.82, 2.24) is 0 Å². The second-order valence-corrected chi connectivity index (χ2v) is 8.70. The number of nitrogens with zero attached hydrogens (tertiary/aromatic N) is 2. The molecule has 0 bridgehead atoms. The van der Waals surface area contributed by atoms with Crippen LogP contribution < -0.4 is 9.62 Å². The van der Waals surface area contributed by atoms with Crippen molar-refractivity contribution in [3.8, 4) is 0 Å². The summed E-state index contributed by atoms with van der Waals surface area (Å²) in [5.41, 5.74) is 2.07. The van der Waals surface area contributed by atoms with E-state index in [4.69, 9.17) is 0 Å². The normalized spacial score (nSPS) is 11.0. The number of carbonyl (C=O) groups excluding carboxylic acids is 1. The first-order valence-electron chi connectivity index (χ1n) is 9.39. The molecule has 0 heterocycles. The monoisotopic (exact) mass is 439 g/mol. The minimum atomic E-state index is -4.40. The van der Waals surface area contributed by atoms with Crippen LogP contribution in [0.15, 0.2) is 77.7 Å². The number of nitro benzene ring substituents is 1. The van der Waals surface area contributed by atoms with Crippen molar-refractivity contribution in [1.29, 1.82) is 0 Å². The molecule has 9 heteroatoms. The highest BCUT2D eigenvalue weighted by atomic mass is 32.2. The molecule has 0 aliphatic heterocycles. The summed E-state index contributed by atoms with van der Waals surface area (Å²) in [6.07, 6.45) is 0. The average molecular weight is 439 g/mol. The van der Waals surface area contributed by atoms with Crippen molar-refractivity contribution in [2.24, 2.45) is 0 Å². The maximum atomic E-state index is 13.4. The highest BCUT2D eigenvalue weighted by molar-refractivity contribution is 7.93. The van der Waals surface area contributed by atoms with Crippen LogP contribution >= 0.6 is 0 Å². The molecule has 31 heavy (non-hydrogen) atoms. The first-order valence-corrected chi connectivity index (χ1v) is 10.8. The van der Waals surface area contributed by atoms with Gasteiger partial charge >= 0.3 is 0 Å². The lowest BCUT2D eigenvalue weighted by molar-refractivity contribution is -0.387. The minimum absolute atomic E-state index is 0.219. The van der Waals surface area contributed by atoms with Gasteiger partial charge in [0.15, 0.2) is 4.90 Å². The zero-order valence-electron chi connectivity index (χ0n) is 17.0. The quantitative estimate of drug-likeness (QED) is 0.441. The zero-order valence-corrected chi connectivity index (χ0v) is 17.8. The Hall–Kier alpha value is -3.72. The second kappa shape index (κ2) is 8.97. The lowest BCUT2D eigenvalue weighted by Crippen LogP contribution is -2.38. The van der Waals surface area contributed by atoms with Gasteiger partial charge in [-0.3, -0.25) is 19.2 Å². The SMILES string of the molecule is Cc1cccc(NC(=O)CN(c2ccccc2)S(=O)(=O)c2ccccc2[N+](=O)[O-])c1C. The molecule has 1 N–H and O–H groups in total. The van der Waals surface area contributed by atoms with E-state index in [1.807, 2.05) is 19.9 Å². The maximum Gasteiger partial charge on any atom is 0.289 e. The molecule has 0 unspecified atom stereocenters. The fraction of sp³-hybridized carbons (Fsp3) is 0.136. The Kier molecular flexibility index (Phi) is 6.36. The third kappa shape index (κ3) is 4.72. The number of rotatable bonds is 7. The average Bonchev–Trinajstić information content (AvgIpc) is 2.75. The van der Waals surface area contributed by atoms with E-state index < -0.39 is 38.0 Å². The van der Waals surface area contributed by atoms with Crippen molar-refractivity contribution in [3.05, 3.63) is 94.0 Å². The first-order chi connectivity index (χ1) is 14.7. The molecular formula is C22H21N3O5S. The minimum Gasteiger partial charge on any atom is -0.324 e. The van der Waals surface area contributed by atoms with Crippen LogP contribution in [0.1, 0.15) is 11.1 Å². The topological polar surface area (TPSA) is 110 Å². The number of hydrogen-bond acceptors (Lipinski definition) is 5. The summed E-state index contributed by atoms with van der Waals surface area (Å²) in [7, 11) is -4.40. The van der Waals surface area contributed by atoms with Gasteiger partial charge in [0.2, 0.25) is 5.91 Å². The zero-order chi connectivity index (χ0) is 22.6. The third-order valence-corrected chi connectivity index (χ3v) is 6.66. The van der Waals surface area contributed by atoms with Crippen molar-refractivity contribution in [2.75, 3.05) is 16.2 Å². The van der Waals surface area contributed by atoms with E-state index in [0.29, 0.717) is 5.69 Å². The largest absolute Gasteiger partial charge is 0.324 e. The molecule has 0 saturated carbocycles. The van der Waals surface area contributed by atoms with Crippen molar-refractivity contribution < 1.29 is 18.1 Å². The lowest BCUT2D eigenvalue weighted by Gasteiger charge is -2.24. The molecule has 0 saturated heterocycles. The van der Waals surface area contributed by atoms with Crippen molar-refractivity contribution >= 4 is 33.0 Å². The van der Waals surface area contributed by atoms with Gasteiger partial charge in [0.1, 0.15) is 6.54 Å². The van der Waals surface area contributed by atoms with Crippen LogP contribution in [0.3, 0.4) is 0 Å². The Morgan fingerprint density at radius 3 is 2.29 bits per heavy atom. The Labute approximate surface area is 180 Å². The van der Waals surface area contributed by atoms with Crippen LogP contribution in [0.5, 0.6) is 0 Å². The van der Waals surface area contributed by atoms with Gasteiger partial charge < -0.3 is 5.32 Å². The van der Waals surface area contributed by atoms with Crippen molar-refractivity contribution in [3.63, 3.8) is 0 Å². The van der Waals surface area contributed by atoms with Crippen LogP contribution in [0.2, 0.25) is 0 Å². The van der Waals surface area contributed by atoms with Gasteiger partial charge in [0.25, 0.3) is 15.7 Å². The number of anilines is 2. The number of benzene rings is 3. The Bertz CT molecular complexity index is 1230. The van der Waals surface area contributed by atoms with E-state index in [1.54, 1.807) is 30.3 Å². The number of hydrogen-bond donors (Lipinski definition) is 1. The number of amides is 1. The molecule has 0 spiro atoms. The third-order valence-electron chi connectivity index (χ3n) is 4.84. The molecule has 0 fully saturated rings. The predicted molar refractivity (Wildman–Crippen MR) is 119 cm³/mol. The van der Waals surface area contributed by atoms with Crippen LogP contribution in [0.25, 0.3) is 0 Å². The van der Waals surface area contributed by atoms with Crippen LogP contribution in [-0.2, 0) is 14.8 Å². The van der Waals surface area contributed by atoms with E-state index in [-0.39, 0.29) is 5.69 Å². The summed E-state index contributed by atoms with van der Waals surface area (Å²) in [5.74, 6) is -0.570. The van der Waals surface area contributed by atoms with Crippen LogP contribution in [0.4, 0.5) is 17.1 Å². The van der Waals surface area contributed by atoms with Gasteiger partial charge in [0.05, 0.1) is 10.6 Å². The first kappa shape index (κ1) is 22.0. The number of para-hydroxylation sites is 2. The van der Waals surface area contributed by atoms with Gasteiger partial charge in [-0.25, -0.2) is 8.42 Å². The molecule has 3 aromatic rings. The molecule has 160 valence electrons. The van der Waals surface area contributed by atoms with E-state index >= 15 is 0 Å². The number of carbonyl (C=O) groups is 1. The van der Waals surface area contributed by atoms with E-state index in [9.17, 15) is 23.3 Å². The fourth-order valence-electron chi connectivity index (χ4n) is 3.06. The summed E-state index contributed by atoms with van der Waals surface area (Å²) in [5, 5.41) is 14.1. The summed E-state index contributed by atoms with van der Waals surface area (Å²) < 4.78 is 27.7. The molecule has 1 amide bonds. The summed E-state index contributed by atoms with van der Waals surface area (Å²) in [6.45, 7) is 3.20. The number of nitrogens with one attached hydrogen (secondary N) is 1. The number of nitro groups is 1. The molecule has 3 rings (SSSR count). The molecule has 0 aliphatic rings. The van der Waals surface area contributed by atoms with Gasteiger partial charge in [0, 0.05) is 11.8 Å². The molecule has 0 aliphatic carbocycles.